The molecule has 1 fully saturated rings. The highest BCUT2D eigenvalue weighted by molar-refractivity contribution is 4.79. The van der Waals surface area contributed by atoms with E-state index in [4.69, 9.17) is 14.2 Å². The Morgan fingerprint density at radius 3 is 1.82 bits per heavy atom. The molecule has 0 aliphatic carbocycles. The van der Waals surface area contributed by atoms with Gasteiger partial charge in [-0.2, -0.15) is 0 Å². The maximum atomic E-state index is 5.67. The third kappa shape index (κ3) is 11.4. The SMILES string of the molecule is CCCCCCCCCCCCCC[C@@H](OCOC)[C@@H]1CO1. The highest BCUT2D eigenvalue weighted by atomic mass is 16.7. The summed E-state index contributed by atoms with van der Waals surface area (Å²) in [5.74, 6) is 0. The van der Waals surface area contributed by atoms with Crippen molar-refractivity contribution >= 4 is 0 Å². The van der Waals surface area contributed by atoms with Gasteiger partial charge in [0.1, 0.15) is 12.9 Å². The summed E-state index contributed by atoms with van der Waals surface area (Å²) in [4.78, 5) is 0. The van der Waals surface area contributed by atoms with E-state index < -0.39 is 0 Å². The van der Waals surface area contributed by atoms with Crippen molar-refractivity contribution in [2.24, 2.45) is 0 Å². The van der Waals surface area contributed by atoms with E-state index in [0.717, 1.165) is 13.0 Å². The van der Waals surface area contributed by atoms with Gasteiger partial charge in [-0.1, -0.05) is 84.0 Å². The summed E-state index contributed by atoms with van der Waals surface area (Å²) in [6, 6.07) is 0. The quantitative estimate of drug-likeness (QED) is 0.203. The molecule has 1 saturated heterocycles. The smallest absolute Gasteiger partial charge is 0.146 e. The maximum Gasteiger partial charge on any atom is 0.146 e. The van der Waals surface area contributed by atoms with Gasteiger partial charge in [0.05, 0.1) is 12.7 Å². The monoisotopic (exact) mass is 314 g/mol. The fourth-order valence-electron chi connectivity index (χ4n) is 2.99. The minimum absolute atomic E-state index is 0.253. The van der Waals surface area contributed by atoms with Crippen molar-refractivity contribution in [2.75, 3.05) is 20.5 Å². The predicted octanol–water partition coefficient (Wildman–Crippen LogP) is 5.47. The van der Waals surface area contributed by atoms with Gasteiger partial charge >= 0.3 is 0 Å². The van der Waals surface area contributed by atoms with Crippen LogP contribution in [0.15, 0.2) is 0 Å². The Kier molecular flexibility index (Phi) is 13.1. The number of hydrogen-bond acceptors (Lipinski definition) is 3. The van der Waals surface area contributed by atoms with Gasteiger partial charge in [0, 0.05) is 7.11 Å². The molecule has 1 aliphatic heterocycles. The molecule has 1 heterocycles. The van der Waals surface area contributed by atoms with Crippen LogP contribution in [0.25, 0.3) is 0 Å². The average Bonchev–Trinajstić information content (AvgIpc) is 3.36. The highest BCUT2D eigenvalue weighted by Crippen LogP contribution is 2.22. The molecule has 0 saturated carbocycles. The van der Waals surface area contributed by atoms with Crippen molar-refractivity contribution in [1.82, 2.24) is 0 Å². The van der Waals surface area contributed by atoms with Crippen molar-refractivity contribution in [3.63, 3.8) is 0 Å². The molecule has 0 unspecified atom stereocenters. The van der Waals surface area contributed by atoms with Gasteiger partial charge in [-0.15, -0.1) is 0 Å². The van der Waals surface area contributed by atoms with Crippen molar-refractivity contribution in [2.45, 2.75) is 103 Å². The Hall–Kier alpha value is -0.120. The summed E-state index contributed by atoms with van der Waals surface area (Å²) in [5.41, 5.74) is 0. The Labute approximate surface area is 138 Å². The first-order valence-corrected chi connectivity index (χ1v) is 9.60. The summed E-state index contributed by atoms with van der Waals surface area (Å²) in [5, 5.41) is 0. The van der Waals surface area contributed by atoms with Gasteiger partial charge in [-0.3, -0.25) is 0 Å². The van der Waals surface area contributed by atoms with Crippen LogP contribution in [-0.2, 0) is 14.2 Å². The maximum absolute atomic E-state index is 5.67. The normalized spacial score (nSPS) is 18.5. The summed E-state index contributed by atoms with van der Waals surface area (Å²) in [6.07, 6.45) is 18.5. The lowest BCUT2D eigenvalue weighted by atomic mass is 10.0. The second kappa shape index (κ2) is 14.5. The summed E-state index contributed by atoms with van der Waals surface area (Å²) in [6.45, 7) is 3.54. The Balaban J connectivity index is 1.79. The number of unbranched alkanes of at least 4 members (excludes halogenated alkanes) is 11. The molecule has 0 aromatic heterocycles. The molecule has 0 N–H and O–H groups in total. The van der Waals surface area contributed by atoms with Gasteiger partial charge in [-0.25, -0.2) is 0 Å². The highest BCUT2D eigenvalue weighted by Gasteiger charge is 2.32. The van der Waals surface area contributed by atoms with Gasteiger partial charge in [0.15, 0.2) is 0 Å². The van der Waals surface area contributed by atoms with Gasteiger partial charge < -0.3 is 14.2 Å². The predicted molar refractivity (Wildman–Crippen MR) is 92.2 cm³/mol. The Morgan fingerprint density at radius 2 is 1.36 bits per heavy atom. The minimum atomic E-state index is 0.253. The Morgan fingerprint density at radius 1 is 0.864 bits per heavy atom. The molecule has 0 amide bonds. The van der Waals surface area contributed by atoms with Gasteiger partial charge in [-0.05, 0) is 6.42 Å². The lowest BCUT2D eigenvalue weighted by molar-refractivity contribution is -0.0824. The number of epoxide rings is 1. The van der Waals surface area contributed by atoms with E-state index in [9.17, 15) is 0 Å². The third-order valence-electron chi connectivity index (χ3n) is 4.52. The zero-order valence-corrected chi connectivity index (χ0v) is 15.0. The van der Waals surface area contributed by atoms with Crippen LogP contribution in [0.4, 0.5) is 0 Å². The number of hydrogen-bond donors (Lipinski definition) is 0. The molecule has 1 rings (SSSR count). The lowest BCUT2D eigenvalue weighted by Gasteiger charge is -2.14. The van der Waals surface area contributed by atoms with Crippen LogP contribution in [0, 0.1) is 0 Å². The van der Waals surface area contributed by atoms with Gasteiger partial charge in [0.25, 0.3) is 0 Å². The molecular weight excluding hydrogens is 276 g/mol. The second-order valence-electron chi connectivity index (χ2n) is 6.66. The van der Waals surface area contributed by atoms with E-state index in [2.05, 4.69) is 6.92 Å². The van der Waals surface area contributed by atoms with Crippen molar-refractivity contribution in [3.05, 3.63) is 0 Å². The largest absolute Gasteiger partial charge is 0.370 e. The molecule has 0 aromatic carbocycles. The van der Waals surface area contributed by atoms with Crippen LogP contribution in [0.2, 0.25) is 0 Å². The van der Waals surface area contributed by atoms with Gasteiger partial charge in [0.2, 0.25) is 0 Å². The first-order valence-electron chi connectivity index (χ1n) is 9.60. The molecule has 1 aliphatic rings. The van der Waals surface area contributed by atoms with Crippen LogP contribution < -0.4 is 0 Å². The number of methoxy groups -OCH3 is 1. The standard InChI is InChI=1S/C19H38O3/c1-3-4-5-6-7-8-9-10-11-12-13-14-15-18(19-16-21-19)22-17-20-2/h18-19H,3-17H2,1-2H3/t18-,19+/m1/s1. The molecule has 132 valence electrons. The van der Waals surface area contributed by atoms with E-state index in [1.165, 1.54) is 77.0 Å². The van der Waals surface area contributed by atoms with Crippen LogP contribution in [0.1, 0.15) is 90.4 Å². The molecule has 0 bridgehead atoms. The molecule has 3 heteroatoms. The fraction of sp³-hybridized carbons (Fsp3) is 1.00. The van der Waals surface area contributed by atoms with Crippen LogP contribution in [0.3, 0.4) is 0 Å². The molecule has 3 nitrogen and oxygen atoms in total. The molecule has 0 radical (unpaired) electrons. The molecular formula is C19H38O3. The molecule has 0 aromatic rings. The van der Waals surface area contributed by atoms with E-state index in [0.29, 0.717) is 12.9 Å². The summed E-state index contributed by atoms with van der Waals surface area (Å²) in [7, 11) is 1.68. The first-order chi connectivity index (χ1) is 10.9. The topological polar surface area (TPSA) is 31.0 Å². The van der Waals surface area contributed by atoms with E-state index >= 15 is 0 Å². The van der Waals surface area contributed by atoms with Crippen molar-refractivity contribution < 1.29 is 14.2 Å². The zero-order valence-electron chi connectivity index (χ0n) is 15.0. The van der Waals surface area contributed by atoms with Crippen molar-refractivity contribution in [3.8, 4) is 0 Å². The zero-order chi connectivity index (χ0) is 15.9. The van der Waals surface area contributed by atoms with Crippen LogP contribution in [0.5, 0.6) is 0 Å². The van der Waals surface area contributed by atoms with Crippen molar-refractivity contribution in [1.29, 1.82) is 0 Å². The number of rotatable bonds is 17. The van der Waals surface area contributed by atoms with E-state index in [1.54, 1.807) is 7.11 Å². The average molecular weight is 315 g/mol. The van der Waals surface area contributed by atoms with E-state index in [1.807, 2.05) is 0 Å². The third-order valence-corrected chi connectivity index (χ3v) is 4.52. The number of ether oxygens (including phenoxy) is 3. The lowest BCUT2D eigenvalue weighted by Crippen LogP contribution is -2.21. The first kappa shape index (κ1) is 19.9. The molecule has 22 heavy (non-hydrogen) atoms. The fourth-order valence-corrected chi connectivity index (χ4v) is 2.99. The second-order valence-corrected chi connectivity index (χ2v) is 6.66. The summed E-state index contributed by atoms with van der Waals surface area (Å²) < 4.78 is 16.0. The Bertz CT molecular complexity index is 229. The van der Waals surface area contributed by atoms with Crippen LogP contribution in [-0.4, -0.2) is 32.7 Å². The van der Waals surface area contributed by atoms with E-state index in [-0.39, 0.29) is 6.10 Å². The minimum Gasteiger partial charge on any atom is -0.370 e. The molecule has 2 atom stereocenters. The van der Waals surface area contributed by atoms with Crippen LogP contribution >= 0.6 is 0 Å². The summed E-state index contributed by atoms with van der Waals surface area (Å²) >= 11 is 0. The molecule has 0 spiro atoms.